The fraction of sp³-hybridized carbons (Fsp3) is 0.261. The Morgan fingerprint density at radius 2 is 1.83 bits per heavy atom. The van der Waals surface area contributed by atoms with Gasteiger partial charge in [0.1, 0.15) is 0 Å². The third-order valence-corrected chi connectivity index (χ3v) is 5.37. The van der Waals surface area contributed by atoms with Crippen LogP contribution in [0.3, 0.4) is 0 Å². The minimum atomic E-state index is -0.141. The van der Waals surface area contributed by atoms with Gasteiger partial charge in [-0.1, -0.05) is 42.0 Å². The van der Waals surface area contributed by atoms with Gasteiger partial charge in [0.2, 0.25) is 5.91 Å². The number of amides is 2. The molecule has 5 nitrogen and oxygen atoms in total. The second-order valence-electron chi connectivity index (χ2n) is 7.09. The number of rotatable bonds is 7. The minimum absolute atomic E-state index is 0.00399. The molecule has 0 aliphatic rings. The summed E-state index contributed by atoms with van der Waals surface area (Å²) in [6.45, 7) is 6.16. The molecule has 1 aromatic heterocycles. The molecule has 2 amide bonds. The van der Waals surface area contributed by atoms with Gasteiger partial charge in [-0.25, -0.2) is 4.98 Å². The Morgan fingerprint density at radius 3 is 2.52 bits per heavy atom. The largest absolute Gasteiger partial charge is 0.356 e. The lowest BCUT2D eigenvalue weighted by atomic mass is 10.1. The van der Waals surface area contributed by atoms with Crippen molar-refractivity contribution in [2.24, 2.45) is 0 Å². The highest BCUT2D eigenvalue weighted by Crippen LogP contribution is 2.26. The van der Waals surface area contributed by atoms with E-state index in [4.69, 9.17) is 0 Å². The number of nitrogens with zero attached hydrogens (tertiary/aromatic N) is 1. The van der Waals surface area contributed by atoms with Crippen molar-refractivity contribution in [3.05, 3.63) is 70.1 Å². The third kappa shape index (κ3) is 5.74. The smallest absolute Gasteiger partial charge is 0.257 e. The molecule has 0 unspecified atom stereocenters. The molecule has 0 aliphatic carbocycles. The predicted octanol–water partition coefficient (Wildman–Crippen LogP) is 4.75. The number of carbonyl (C=O) groups is 2. The van der Waals surface area contributed by atoms with E-state index >= 15 is 0 Å². The number of aromatic nitrogens is 1. The third-order valence-electron chi connectivity index (χ3n) is 4.62. The van der Waals surface area contributed by atoms with Gasteiger partial charge in [-0.15, -0.1) is 11.3 Å². The number of aryl methyl sites for hydroxylation is 3. The minimum Gasteiger partial charge on any atom is -0.356 e. The average molecular weight is 408 g/mol. The summed E-state index contributed by atoms with van der Waals surface area (Å²) in [5.41, 5.74) is 5.82. The summed E-state index contributed by atoms with van der Waals surface area (Å²) in [5.74, 6) is -0.137. The van der Waals surface area contributed by atoms with Crippen molar-refractivity contribution in [1.82, 2.24) is 10.3 Å². The lowest BCUT2D eigenvalue weighted by Gasteiger charge is -2.06. The van der Waals surface area contributed by atoms with E-state index in [-0.39, 0.29) is 11.8 Å². The molecule has 6 heteroatoms. The predicted molar refractivity (Wildman–Crippen MR) is 118 cm³/mol. The van der Waals surface area contributed by atoms with Gasteiger partial charge in [0.15, 0.2) is 5.13 Å². The van der Waals surface area contributed by atoms with Crippen molar-refractivity contribution in [2.75, 3.05) is 11.9 Å². The maximum Gasteiger partial charge on any atom is 0.257 e. The first-order chi connectivity index (χ1) is 13.9. The summed E-state index contributed by atoms with van der Waals surface area (Å²) in [7, 11) is 0. The summed E-state index contributed by atoms with van der Waals surface area (Å²) >= 11 is 1.42. The van der Waals surface area contributed by atoms with Crippen LogP contribution in [-0.2, 0) is 11.2 Å². The van der Waals surface area contributed by atoms with E-state index < -0.39 is 0 Å². The number of benzene rings is 2. The van der Waals surface area contributed by atoms with Crippen molar-refractivity contribution >= 4 is 28.3 Å². The highest BCUT2D eigenvalue weighted by Gasteiger charge is 2.12. The highest BCUT2D eigenvalue weighted by atomic mass is 32.1. The van der Waals surface area contributed by atoms with Gasteiger partial charge in [-0.2, -0.15) is 0 Å². The van der Waals surface area contributed by atoms with Crippen LogP contribution >= 0.6 is 11.3 Å². The normalized spacial score (nSPS) is 10.6. The summed E-state index contributed by atoms with van der Waals surface area (Å²) < 4.78 is 0. The van der Waals surface area contributed by atoms with Crippen LogP contribution in [0.1, 0.15) is 40.4 Å². The average Bonchev–Trinajstić information content (AvgIpc) is 3.14. The van der Waals surface area contributed by atoms with Crippen molar-refractivity contribution in [3.63, 3.8) is 0 Å². The second kappa shape index (κ2) is 9.47. The number of anilines is 1. The van der Waals surface area contributed by atoms with E-state index in [2.05, 4.69) is 27.8 Å². The molecule has 0 radical (unpaired) electrons. The molecule has 2 aromatic carbocycles. The molecule has 150 valence electrons. The second-order valence-corrected chi connectivity index (χ2v) is 7.95. The molecule has 1 heterocycles. The standard InChI is InChI=1S/C23H25N3O2S/c1-15-6-11-20(16(2)13-15)22(28)26-23-25-21(14-29-23)19-9-7-18(8-10-19)5-4-12-24-17(3)27/h6-11,13-14H,4-5,12H2,1-3H3,(H,24,27)(H,25,26,28). The zero-order chi connectivity index (χ0) is 20.8. The SMILES string of the molecule is CC(=O)NCCCc1ccc(-c2csc(NC(=O)c3ccc(C)cc3C)n2)cc1. The van der Waals surface area contributed by atoms with E-state index in [1.807, 2.05) is 49.6 Å². The summed E-state index contributed by atoms with van der Waals surface area (Å²) in [6.07, 6.45) is 1.82. The zero-order valence-corrected chi connectivity index (χ0v) is 17.7. The lowest BCUT2D eigenvalue weighted by Crippen LogP contribution is -2.21. The van der Waals surface area contributed by atoms with Crippen LogP contribution in [0.15, 0.2) is 47.8 Å². The maximum absolute atomic E-state index is 12.5. The Bertz CT molecular complexity index is 1010. The zero-order valence-electron chi connectivity index (χ0n) is 16.9. The molecule has 0 aliphatic heterocycles. The van der Waals surface area contributed by atoms with Crippen molar-refractivity contribution in [1.29, 1.82) is 0 Å². The van der Waals surface area contributed by atoms with Crippen molar-refractivity contribution in [3.8, 4) is 11.3 Å². The molecule has 0 spiro atoms. The van der Waals surface area contributed by atoms with Gasteiger partial charge in [0.05, 0.1) is 5.69 Å². The Labute approximate surface area is 175 Å². The first-order valence-electron chi connectivity index (χ1n) is 9.60. The van der Waals surface area contributed by atoms with E-state index in [0.717, 1.165) is 35.2 Å². The van der Waals surface area contributed by atoms with Crippen molar-refractivity contribution < 1.29 is 9.59 Å². The van der Waals surface area contributed by atoms with Crippen LogP contribution in [0, 0.1) is 13.8 Å². The van der Waals surface area contributed by atoms with Gasteiger partial charge in [0.25, 0.3) is 5.91 Å². The first kappa shape index (κ1) is 20.7. The van der Waals surface area contributed by atoms with Crippen LogP contribution in [0.25, 0.3) is 11.3 Å². The van der Waals surface area contributed by atoms with E-state index in [1.54, 1.807) is 0 Å². The Balaban J connectivity index is 1.60. The molecule has 0 saturated carbocycles. The van der Waals surface area contributed by atoms with Crippen LogP contribution in [0.5, 0.6) is 0 Å². The molecule has 0 atom stereocenters. The van der Waals surface area contributed by atoms with Crippen molar-refractivity contribution in [2.45, 2.75) is 33.6 Å². The van der Waals surface area contributed by atoms with Gasteiger partial charge in [-0.05, 0) is 43.9 Å². The van der Waals surface area contributed by atoms with Crippen LogP contribution < -0.4 is 10.6 Å². The summed E-state index contributed by atoms with van der Waals surface area (Å²) in [5, 5.41) is 8.24. The molecule has 3 rings (SSSR count). The molecule has 3 aromatic rings. The quantitative estimate of drug-likeness (QED) is 0.555. The molecule has 0 bridgehead atoms. The van der Waals surface area contributed by atoms with E-state index in [0.29, 0.717) is 17.2 Å². The van der Waals surface area contributed by atoms with E-state index in [9.17, 15) is 9.59 Å². The monoisotopic (exact) mass is 407 g/mol. The molecule has 29 heavy (non-hydrogen) atoms. The van der Waals surface area contributed by atoms with Crippen LogP contribution in [0.4, 0.5) is 5.13 Å². The van der Waals surface area contributed by atoms with E-state index in [1.165, 1.54) is 23.8 Å². The Hall–Kier alpha value is -2.99. The Kier molecular flexibility index (Phi) is 6.77. The lowest BCUT2D eigenvalue weighted by molar-refractivity contribution is -0.118. The Morgan fingerprint density at radius 1 is 1.07 bits per heavy atom. The fourth-order valence-electron chi connectivity index (χ4n) is 3.10. The summed E-state index contributed by atoms with van der Waals surface area (Å²) in [4.78, 5) is 28.0. The fourth-order valence-corrected chi connectivity index (χ4v) is 3.81. The summed E-state index contributed by atoms with van der Waals surface area (Å²) in [6, 6.07) is 14.0. The number of thiazole rings is 1. The van der Waals surface area contributed by atoms with Gasteiger partial charge >= 0.3 is 0 Å². The molecule has 0 fully saturated rings. The number of nitrogens with one attached hydrogen (secondary N) is 2. The van der Waals surface area contributed by atoms with Gasteiger partial charge in [0, 0.05) is 30.0 Å². The maximum atomic E-state index is 12.5. The molecular formula is C23H25N3O2S. The first-order valence-corrected chi connectivity index (χ1v) is 10.5. The number of hydrogen-bond donors (Lipinski definition) is 2. The highest BCUT2D eigenvalue weighted by molar-refractivity contribution is 7.14. The van der Waals surface area contributed by atoms with Crippen LogP contribution in [-0.4, -0.2) is 23.3 Å². The topological polar surface area (TPSA) is 71.1 Å². The number of carbonyl (C=O) groups excluding carboxylic acids is 2. The van der Waals surface area contributed by atoms with Gasteiger partial charge < -0.3 is 5.32 Å². The molecule has 2 N–H and O–H groups in total. The molecule has 0 saturated heterocycles. The number of hydrogen-bond acceptors (Lipinski definition) is 4. The molecular weight excluding hydrogens is 382 g/mol. The van der Waals surface area contributed by atoms with Crippen LogP contribution in [0.2, 0.25) is 0 Å². The van der Waals surface area contributed by atoms with Gasteiger partial charge in [-0.3, -0.25) is 14.9 Å².